The van der Waals surface area contributed by atoms with E-state index in [-0.39, 0.29) is 23.2 Å². The van der Waals surface area contributed by atoms with Crippen LogP contribution in [0.4, 0.5) is 10.5 Å². The minimum Gasteiger partial charge on any atom is -0.503 e. The summed E-state index contributed by atoms with van der Waals surface area (Å²) in [7, 11) is 0. The smallest absolute Gasteiger partial charge is 0.320 e. The highest BCUT2D eigenvalue weighted by Crippen LogP contribution is 2.41. The third-order valence-corrected chi connectivity index (χ3v) is 4.73. The van der Waals surface area contributed by atoms with E-state index in [0.29, 0.717) is 23.6 Å². The molecule has 8 heteroatoms. The third-order valence-electron chi connectivity index (χ3n) is 4.73. The van der Waals surface area contributed by atoms with E-state index in [4.69, 9.17) is 10.5 Å². The lowest BCUT2D eigenvalue weighted by atomic mass is 9.90. The molecule has 3 aromatic rings. The second-order valence-corrected chi connectivity index (χ2v) is 6.67. The van der Waals surface area contributed by atoms with E-state index in [0.717, 1.165) is 11.1 Å². The number of carbonyl (C=O) groups excluding carboxylic acids is 1. The van der Waals surface area contributed by atoms with Gasteiger partial charge in [0.1, 0.15) is 0 Å². The van der Waals surface area contributed by atoms with Gasteiger partial charge in [0, 0.05) is 18.0 Å². The van der Waals surface area contributed by atoms with E-state index in [1.807, 2.05) is 37.3 Å². The van der Waals surface area contributed by atoms with Crippen LogP contribution in [-0.2, 0) is 0 Å². The molecule has 152 valence electrons. The summed E-state index contributed by atoms with van der Waals surface area (Å²) in [6.07, 6.45) is 4.81. The number of nitrogen functional groups attached to an aromatic ring is 1. The Morgan fingerprint density at radius 1 is 1.20 bits per heavy atom. The zero-order valence-electron chi connectivity index (χ0n) is 16.3. The van der Waals surface area contributed by atoms with Crippen LogP contribution in [0.15, 0.2) is 61.1 Å². The van der Waals surface area contributed by atoms with Crippen LogP contribution in [0, 0.1) is 0 Å². The van der Waals surface area contributed by atoms with E-state index in [1.165, 1.54) is 0 Å². The van der Waals surface area contributed by atoms with Gasteiger partial charge < -0.3 is 26.2 Å². The fraction of sp³-hybridized carbons (Fsp3) is 0.136. The van der Waals surface area contributed by atoms with Gasteiger partial charge in [0.2, 0.25) is 0 Å². The minimum atomic E-state index is -0.590. The van der Waals surface area contributed by atoms with Crippen LogP contribution in [0.1, 0.15) is 29.8 Å². The Morgan fingerprint density at radius 2 is 2.00 bits per heavy atom. The first-order chi connectivity index (χ1) is 14.6. The highest BCUT2D eigenvalue weighted by molar-refractivity contribution is 6.02. The molecule has 2 aromatic carbocycles. The molecule has 1 aromatic heterocycles. The van der Waals surface area contributed by atoms with Gasteiger partial charge in [0.15, 0.2) is 11.5 Å². The van der Waals surface area contributed by atoms with E-state index in [2.05, 4.69) is 20.6 Å². The Morgan fingerprint density at radius 3 is 2.70 bits per heavy atom. The molecule has 0 saturated heterocycles. The number of ether oxygens (including phenoxy) is 1. The van der Waals surface area contributed by atoms with Crippen LogP contribution < -0.4 is 21.1 Å². The number of phenols is 1. The fourth-order valence-corrected chi connectivity index (χ4v) is 3.44. The maximum absolute atomic E-state index is 12.6. The van der Waals surface area contributed by atoms with E-state index in [9.17, 15) is 9.90 Å². The molecule has 5 N–H and O–H groups in total. The number of hydrogen-bond acceptors (Lipinski definition) is 6. The van der Waals surface area contributed by atoms with E-state index >= 15 is 0 Å². The topological polar surface area (TPSA) is 122 Å². The summed E-state index contributed by atoms with van der Waals surface area (Å²) >= 11 is 0. The predicted octanol–water partition coefficient (Wildman–Crippen LogP) is 3.09. The maximum Gasteiger partial charge on any atom is 0.320 e. The van der Waals surface area contributed by atoms with Crippen molar-refractivity contribution in [2.75, 3.05) is 12.3 Å². The number of nitrogens with zero attached hydrogens (tertiary/aromatic N) is 2. The third kappa shape index (κ3) is 3.62. The molecule has 1 atom stereocenters. The van der Waals surface area contributed by atoms with Crippen molar-refractivity contribution < 1.29 is 14.6 Å². The number of nitrogens with two attached hydrogens (primary N) is 1. The minimum absolute atomic E-state index is 0.130. The summed E-state index contributed by atoms with van der Waals surface area (Å²) in [5.74, 6) is 0.120. The number of rotatable bonds is 5. The van der Waals surface area contributed by atoms with Crippen molar-refractivity contribution in [3.8, 4) is 11.5 Å². The Bertz CT molecular complexity index is 1100. The number of aromatic nitrogens is 2. The molecule has 1 unspecified atom stereocenters. The zero-order chi connectivity index (χ0) is 21.1. The summed E-state index contributed by atoms with van der Waals surface area (Å²) < 4.78 is 5.53. The van der Waals surface area contributed by atoms with Gasteiger partial charge in [-0.1, -0.05) is 30.3 Å². The number of anilines is 1. The van der Waals surface area contributed by atoms with Crippen LogP contribution in [0.3, 0.4) is 0 Å². The molecule has 0 fully saturated rings. The monoisotopic (exact) mass is 403 g/mol. The molecule has 0 bridgehead atoms. The van der Waals surface area contributed by atoms with Crippen molar-refractivity contribution in [2.24, 2.45) is 0 Å². The standard InChI is InChI=1S/C22H21N5O3/c1-2-30-17-11-14(10-15(23)21(17)28)20-18(16-12-24-8-9-25-16)19(26-22(29)27-20)13-6-4-3-5-7-13/h3-12,20,28H,2,23H2,1H3,(H2,26,27,29). The fourth-order valence-electron chi connectivity index (χ4n) is 3.44. The molecule has 4 rings (SSSR count). The van der Waals surface area contributed by atoms with Gasteiger partial charge in [-0.05, 0) is 30.2 Å². The summed E-state index contributed by atoms with van der Waals surface area (Å²) in [5.41, 5.74) is 9.59. The Hall–Kier alpha value is -4.07. The van der Waals surface area contributed by atoms with Gasteiger partial charge in [-0.3, -0.25) is 9.97 Å². The molecular formula is C22H21N5O3. The summed E-state index contributed by atoms with van der Waals surface area (Å²) in [4.78, 5) is 21.2. The number of aromatic hydroxyl groups is 1. The molecule has 0 spiro atoms. The molecule has 0 radical (unpaired) electrons. The number of hydrogen-bond donors (Lipinski definition) is 4. The normalized spacial score (nSPS) is 16.0. The Labute approximate surface area is 173 Å². The molecule has 2 amide bonds. The summed E-state index contributed by atoms with van der Waals surface area (Å²) in [5, 5.41) is 16.1. The van der Waals surface area contributed by atoms with Crippen LogP contribution in [-0.4, -0.2) is 27.7 Å². The molecule has 8 nitrogen and oxygen atoms in total. The molecule has 30 heavy (non-hydrogen) atoms. The summed E-state index contributed by atoms with van der Waals surface area (Å²) in [6, 6.07) is 11.8. The van der Waals surface area contributed by atoms with E-state index < -0.39 is 6.04 Å². The van der Waals surface area contributed by atoms with Crippen molar-refractivity contribution >= 4 is 23.0 Å². The number of benzene rings is 2. The van der Waals surface area contributed by atoms with E-state index in [1.54, 1.807) is 30.7 Å². The molecule has 1 aliphatic heterocycles. The van der Waals surface area contributed by atoms with Crippen molar-refractivity contribution in [1.82, 2.24) is 20.6 Å². The second-order valence-electron chi connectivity index (χ2n) is 6.67. The average molecular weight is 403 g/mol. The van der Waals surface area contributed by atoms with Gasteiger partial charge in [0.25, 0.3) is 0 Å². The highest BCUT2D eigenvalue weighted by atomic mass is 16.5. The Kier molecular flexibility index (Phi) is 5.21. The van der Waals surface area contributed by atoms with Crippen molar-refractivity contribution in [2.45, 2.75) is 13.0 Å². The first-order valence-electron chi connectivity index (χ1n) is 9.47. The lowest BCUT2D eigenvalue weighted by Crippen LogP contribution is -2.43. The van der Waals surface area contributed by atoms with Crippen molar-refractivity contribution in [1.29, 1.82) is 0 Å². The predicted molar refractivity (Wildman–Crippen MR) is 113 cm³/mol. The van der Waals surface area contributed by atoms with Gasteiger partial charge >= 0.3 is 6.03 Å². The largest absolute Gasteiger partial charge is 0.503 e. The summed E-state index contributed by atoms with van der Waals surface area (Å²) in [6.45, 7) is 2.17. The van der Waals surface area contributed by atoms with Crippen molar-refractivity contribution in [3.63, 3.8) is 0 Å². The van der Waals surface area contributed by atoms with Crippen LogP contribution in [0.2, 0.25) is 0 Å². The molecule has 1 aliphatic rings. The number of nitrogens with one attached hydrogen (secondary N) is 2. The zero-order valence-corrected chi connectivity index (χ0v) is 16.3. The molecular weight excluding hydrogens is 382 g/mol. The Balaban J connectivity index is 1.95. The highest BCUT2D eigenvalue weighted by Gasteiger charge is 2.32. The molecule has 2 heterocycles. The first kappa shape index (κ1) is 19.3. The second kappa shape index (κ2) is 8.12. The van der Waals surface area contributed by atoms with Crippen LogP contribution in [0.25, 0.3) is 11.3 Å². The number of urea groups is 1. The van der Waals surface area contributed by atoms with Crippen LogP contribution >= 0.6 is 0 Å². The lowest BCUT2D eigenvalue weighted by molar-refractivity contribution is 0.242. The average Bonchev–Trinajstić information content (AvgIpc) is 2.77. The lowest BCUT2D eigenvalue weighted by Gasteiger charge is -2.31. The number of phenolic OH excluding ortho intramolecular Hbond substituents is 1. The number of carbonyl (C=O) groups is 1. The van der Waals surface area contributed by atoms with Crippen LogP contribution in [0.5, 0.6) is 11.5 Å². The molecule has 0 saturated carbocycles. The first-order valence-corrected chi connectivity index (χ1v) is 9.47. The quantitative estimate of drug-likeness (QED) is 0.384. The van der Waals surface area contributed by atoms with Crippen molar-refractivity contribution in [3.05, 3.63) is 77.9 Å². The number of amides is 2. The maximum atomic E-state index is 12.6. The van der Waals surface area contributed by atoms with Gasteiger partial charge in [-0.25, -0.2) is 4.79 Å². The van der Waals surface area contributed by atoms with Gasteiger partial charge in [-0.2, -0.15) is 0 Å². The SMILES string of the molecule is CCOc1cc(C2NC(=O)NC(c3ccccc3)=C2c2cnccn2)cc(N)c1O. The van der Waals surface area contributed by atoms with Gasteiger partial charge in [0.05, 0.1) is 35.9 Å². The van der Waals surface area contributed by atoms with Gasteiger partial charge in [-0.15, -0.1) is 0 Å². The molecule has 0 aliphatic carbocycles.